The molecule has 0 radical (unpaired) electrons. The summed E-state index contributed by atoms with van der Waals surface area (Å²) in [4.78, 5) is 55.7. The predicted octanol–water partition coefficient (Wildman–Crippen LogP) is 2.88. The lowest BCUT2D eigenvalue weighted by Gasteiger charge is -2.51. The first-order valence-corrected chi connectivity index (χ1v) is 20.1. The molecule has 0 amide bonds. The van der Waals surface area contributed by atoms with Gasteiger partial charge in [-0.25, -0.2) is 0 Å². The Morgan fingerprint density at radius 1 is 0.864 bits per heavy atom. The van der Waals surface area contributed by atoms with Gasteiger partial charge in [-0.3, -0.25) is 19.2 Å². The maximum atomic E-state index is 14.0. The fourth-order valence-corrected chi connectivity index (χ4v) is 9.77. The summed E-state index contributed by atoms with van der Waals surface area (Å²) in [6, 6.07) is 3.08. The van der Waals surface area contributed by atoms with Gasteiger partial charge in [0.1, 0.15) is 47.6 Å². The van der Waals surface area contributed by atoms with Crippen LogP contribution < -0.4 is 0 Å². The summed E-state index contributed by atoms with van der Waals surface area (Å²) < 4.78 is 49.5. The second-order valence-electron chi connectivity index (χ2n) is 16.7. The molecule has 0 bridgehead atoms. The van der Waals surface area contributed by atoms with E-state index in [2.05, 4.69) is 0 Å². The van der Waals surface area contributed by atoms with Crippen LogP contribution >= 0.6 is 0 Å². The van der Waals surface area contributed by atoms with Gasteiger partial charge in [0, 0.05) is 42.9 Å². The van der Waals surface area contributed by atoms with E-state index < -0.39 is 131 Å². The molecule has 6 aliphatic rings. The molecule has 4 heterocycles. The second-order valence-corrected chi connectivity index (χ2v) is 16.7. The van der Waals surface area contributed by atoms with Crippen LogP contribution in [0.15, 0.2) is 18.2 Å². The Labute approximate surface area is 340 Å². The SMILES string of the molecule is CC[C@]1(O)C[C@H](O[C@@H]2C[C@H](N(C)C)[C@H](O[C@@H]3C[C@@H]4O[C@@H]5CC(=O)[C@H](C)O[C@@H]5O[C@@H]4[C@H](C)O3)[C@@H](C)O2)c2c(cc3c(c2O)C(=O)c2c(O)ccc(O)c2C3=O)[C@H]1C(=O)OC. The molecule has 2 aromatic carbocycles. The summed E-state index contributed by atoms with van der Waals surface area (Å²) in [5, 5.41) is 45.4. The minimum absolute atomic E-state index is 0.00735. The number of benzene rings is 2. The van der Waals surface area contributed by atoms with Gasteiger partial charge in [0.2, 0.25) is 5.78 Å². The van der Waals surface area contributed by atoms with E-state index in [1.807, 2.05) is 32.8 Å². The highest BCUT2D eigenvalue weighted by Crippen LogP contribution is 2.54. The van der Waals surface area contributed by atoms with Crippen molar-refractivity contribution < 1.29 is 77.5 Å². The van der Waals surface area contributed by atoms with Gasteiger partial charge in [-0.2, -0.15) is 0 Å². The van der Waals surface area contributed by atoms with E-state index in [4.69, 9.17) is 37.9 Å². The second kappa shape index (κ2) is 15.5. The smallest absolute Gasteiger partial charge is 0.316 e. The van der Waals surface area contributed by atoms with E-state index in [0.29, 0.717) is 6.42 Å². The van der Waals surface area contributed by atoms with Gasteiger partial charge in [-0.05, 0) is 65.0 Å². The van der Waals surface area contributed by atoms with Crippen molar-refractivity contribution >= 4 is 23.3 Å². The molecule has 4 fully saturated rings. The van der Waals surface area contributed by atoms with Gasteiger partial charge in [0.05, 0.1) is 53.8 Å². The standard InChI is InChI=1S/C42H51NO16/c1-8-42(51)15-27(30-19(34(42)40(50)52-7)11-20-31(36(30)48)37(49)33-23(45)10-9-22(44)32(33)35(20)47)57-28-12-21(43(5)6)38(17(3)53-28)58-29-14-25-39(18(4)54-29)59-41-26(56-25)13-24(46)16(2)55-41/h9-11,16-18,21,25-29,34,38-39,41,44-45,48,51H,8,12-15H2,1-7H3/t16-,17+,18-,21-,25-,26+,27-,28+,29+,34-,38+,39+,41+,42-/m0/s1. The number of Topliss-reactive ketones (excluding diaryl/α,β-unsaturated/α-hetero) is 1. The average molecular weight is 826 g/mol. The van der Waals surface area contributed by atoms with Crippen molar-refractivity contribution in [3.8, 4) is 17.2 Å². The molecule has 0 aromatic heterocycles. The number of carbonyl (C=O) groups excluding carboxylic acids is 4. The van der Waals surface area contributed by atoms with Crippen molar-refractivity contribution in [3.63, 3.8) is 0 Å². The fraction of sp³-hybridized carbons (Fsp3) is 0.619. The Morgan fingerprint density at radius 2 is 1.53 bits per heavy atom. The Bertz CT molecular complexity index is 2050. The zero-order chi connectivity index (χ0) is 42.4. The number of likely N-dealkylation sites (N-methyl/N-ethyl adjacent to an activating group) is 1. The molecule has 4 saturated heterocycles. The number of carbonyl (C=O) groups is 4. The monoisotopic (exact) mass is 825 g/mol. The topological polar surface area (TPSA) is 226 Å². The highest BCUT2D eigenvalue weighted by Gasteiger charge is 2.55. The number of nitrogens with zero attached hydrogens (tertiary/aromatic N) is 1. The fourth-order valence-electron chi connectivity index (χ4n) is 9.77. The van der Waals surface area contributed by atoms with Crippen LogP contribution in [0.5, 0.6) is 17.2 Å². The number of phenolic OH excluding ortho intramolecular Hbond substituents is 3. The van der Waals surface area contributed by atoms with Crippen LogP contribution in [0.4, 0.5) is 0 Å². The third kappa shape index (κ3) is 6.93. The molecule has 0 unspecified atom stereocenters. The van der Waals surface area contributed by atoms with Crippen LogP contribution in [-0.2, 0) is 47.5 Å². The molecule has 0 spiro atoms. The zero-order valence-corrected chi connectivity index (χ0v) is 33.9. The Hall–Kier alpha value is -4.04. The number of aliphatic hydroxyl groups is 1. The molecular formula is C42H51NO16. The number of aromatic hydroxyl groups is 3. The van der Waals surface area contributed by atoms with E-state index in [0.717, 1.165) is 19.2 Å². The van der Waals surface area contributed by atoms with Crippen molar-refractivity contribution in [2.45, 2.75) is 145 Å². The number of esters is 1. The van der Waals surface area contributed by atoms with E-state index in [1.165, 1.54) is 6.07 Å². The Balaban J connectivity index is 1.07. The summed E-state index contributed by atoms with van der Waals surface area (Å²) in [6.07, 6.45) is -6.48. The van der Waals surface area contributed by atoms with Crippen molar-refractivity contribution in [1.82, 2.24) is 4.90 Å². The van der Waals surface area contributed by atoms with Crippen molar-refractivity contribution in [1.29, 1.82) is 0 Å². The lowest BCUT2D eigenvalue weighted by atomic mass is 9.67. The molecule has 17 heteroatoms. The zero-order valence-electron chi connectivity index (χ0n) is 33.9. The van der Waals surface area contributed by atoms with E-state index in [9.17, 15) is 39.6 Å². The molecule has 4 N–H and O–H groups in total. The number of ketones is 3. The summed E-state index contributed by atoms with van der Waals surface area (Å²) in [7, 11) is 4.92. The lowest BCUT2D eigenvalue weighted by Crippen LogP contribution is -2.62. The van der Waals surface area contributed by atoms with Crippen LogP contribution in [0.3, 0.4) is 0 Å². The van der Waals surface area contributed by atoms with Crippen LogP contribution in [-0.4, -0.2) is 143 Å². The number of rotatable bonds is 7. The predicted molar refractivity (Wildman–Crippen MR) is 201 cm³/mol. The molecule has 0 saturated carbocycles. The Kier molecular flexibility index (Phi) is 10.9. The third-order valence-corrected chi connectivity index (χ3v) is 12.9. The highest BCUT2D eigenvalue weighted by molar-refractivity contribution is 6.31. The number of phenols is 3. The molecule has 320 valence electrons. The normalized spacial score (nSPS) is 37.8. The number of methoxy groups -OCH3 is 1. The van der Waals surface area contributed by atoms with Crippen molar-refractivity contribution in [2.24, 2.45) is 0 Å². The van der Waals surface area contributed by atoms with Crippen LogP contribution in [0.1, 0.15) is 115 Å². The molecule has 8 rings (SSSR count). The quantitative estimate of drug-likeness (QED) is 0.198. The third-order valence-electron chi connectivity index (χ3n) is 12.9. The Morgan fingerprint density at radius 3 is 2.19 bits per heavy atom. The van der Waals surface area contributed by atoms with Crippen LogP contribution in [0.25, 0.3) is 0 Å². The summed E-state index contributed by atoms with van der Waals surface area (Å²) in [5.41, 5.74) is -3.51. The first-order valence-electron chi connectivity index (χ1n) is 20.1. The maximum absolute atomic E-state index is 14.0. The maximum Gasteiger partial charge on any atom is 0.316 e. The lowest BCUT2D eigenvalue weighted by molar-refractivity contribution is -0.371. The van der Waals surface area contributed by atoms with Gasteiger partial charge in [0.25, 0.3) is 0 Å². The summed E-state index contributed by atoms with van der Waals surface area (Å²) in [6.45, 7) is 7.07. The van der Waals surface area contributed by atoms with Crippen LogP contribution in [0.2, 0.25) is 0 Å². The summed E-state index contributed by atoms with van der Waals surface area (Å²) >= 11 is 0. The van der Waals surface area contributed by atoms with Gasteiger partial charge in [-0.1, -0.05) is 6.92 Å². The van der Waals surface area contributed by atoms with Crippen LogP contribution in [0, 0.1) is 0 Å². The van der Waals surface area contributed by atoms with Gasteiger partial charge < -0.3 is 63.2 Å². The van der Waals surface area contributed by atoms with Gasteiger partial charge in [0.15, 0.2) is 30.4 Å². The highest BCUT2D eigenvalue weighted by atomic mass is 16.8. The van der Waals surface area contributed by atoms with Crippen molar-refractivity contribution in [2.75, 3.05) is 21.2 Å². The van der Waals surface area contributed by atoms with E-state index in [-0.39, 0.29) is 54.2 Å². The number of hydrogen-bond donors (Lipinski definition) is 4. The van der Waals surface area contributed by atoms with E-state index in [1.54, 1.807) is 13.8 Å². The molecule has 14 atom stereocenters. The number of ether oxygens (including phenoxy) is 8. The van der Waals surface area contributed by atoms with Crippen molar-refractivity contribution in [3.05, 3.63) is 51.6 Å². The molecule has 2 aliphatic carbocycles. The largest absolute Gasteiger partial charge is 0.507 e. The average Bonchev–Trinajstić information content (AvgIpc) is 3.18. The minimum Gasteiger partial charge on any atom is -0.507 e. The molecule has 4 aliphatic heterocycles. The number of hydrogen-bond acceptors (Lipinski definition) is 17. The summed E-state index contributed by atoms with van der Waals surface area (Å²) in [5.74, 6) is -5.88. The first kappa shape index (κ1) is 41.7. The minimum atomic E-state index is -1.80. The number of fused-ring (bicyclic) bond motifs is 5. The van der Waals surface area contributed by atoms with E-state index >= 15 is 0 Å². The molecule has 59 heavy (non-hydrogen) atoms. The molecule has 2 aromatic rings. The first-order chi connectivity index (χ1) is 28.0. The molecular weight excluding hydrogens is 774 g/mol. The molecule has 17 nitrogen and oxygen atoms in total. The van der Waals surface area contributed by atoms with Gasteiger partial charge >= 0.3 is 5.97 Å². The van der Waals surface area contributed by atoms with Gasteiger partial charge in [-0.15, -0.1) is 0 Å².